The predicted octanol–water partition coefficient (Wildman–Crippen LogP) is 4.44. The molecule has 1 rings (SSSR count). The van der Waals surface area contributed by atoms with E-state index >= 15 is 0 Å². The van der Waals surface area contributed by atoms with Gasteiger partial charge in [-0.05, 0) is 82.1 Å². The molecule has 0 radical (unpaired) electrons. The van der Waals surface area contributed by atoms with E-state index in [-0.39, 0.29) is 5.57 Å². The number of nitrogens with one attached hydrogen (secondary N) is 1. The first-order valence-corrected chi connectivity index (χ1v) is 19.8. The van der Waals surface area contributed by atoms with Crippen LogP contribution < -0.4 is 10.1 Å². The van der Waals surface area contributed by atoms with Gasteiger partial charge in [0, 0.05) is 6.54 Å². The minimum absolute atomic E-state index is 0.304. The Morgan fingerprint density at radius 2 is 1.48 bits per heavy atom. The normalized spacial score (nSPS) is 13.1. The summed E-state index contributed by atoms with van der Waals surface area (Å²) in [6.45, 7) is 15.4. The van der Waals surface area contributed by atoms with Crippen LogP contribution in [0.4, 0.5) is 0 Å². The molecule has 2 N–H and O–H groups in total. The smallest absolute Gasteiger partial charge is 0.341 e. The average Bonchev–Trinajstić information content (AvgIpc) is 2.60. The number of carboxylic acids is 1. The molecule has 10 heteroatoms. The topological polar surface area (TPSA) is 94.1 Å². The first kappa shape index (κ1) is 27.3. The molecule has 0 spiro atoms. The monoisotopic (exact) mass is 483 g/mol. The molecule has 0 unspecified atom stereocenters. The Morgan fingerprint density at radius 1 is 0.968 bits per heavy atom. The van der Waals surface area contributed by atoms with Gasteiger partial charge in [-0.3, -0.25) is 4.79 Å². The van der Waals surface area contributed by atoms with E-state index < -0.39 is 37.1 Å². The summed E-state index contributed by atoms with van der Waals surface area (Å²) < 4.78 is 18.0. The van der Waals surface area contributed by atoms with Crippen molar-refractivity contribution < 1.29 is 27.7 Å². The minimum Gasteiger partial charge on any atom is -0.497 e. The molecule has 0 fully saturated rings. The summed E-state index contributed by atoms with van der Waals surface area (Å²) in [5.41, 5.74) is 0.308. The lowest BCUT2D eigenvalue weighted by Crippen LogP contribution is -2.52. The van der Waals surface area contributed by atoms with Crippen molar-refractivity contribution in [3.05, 3.63) is 35.4 Å². The number of hydrogen-bond acceptors (Lipinski definition) is 5. The number of ether oxygens (including phenoxy) is 1. The zero-order valence-electron chi connectivity index (χ0n) is 20.0. The van der Waals surface area contributed by atoms with Crippen LogP contribution in [-0.4, -0.2) is 55.8 Å². The zero-order valence-corrected chi connectivity index (χ0v) is 23.0. The van der Waals surface area contributed by atoms with Crippen molar-refractivity contribution in [1.82, 2.24) is 5.32 Å². The standard InChI is InChI=1S/C21H37NO6Si3/c1-26-18-12-10-17(11-13-18)16-19(21(24)25)20(23)22-14-9-15-31(8,27-29(2,3)4)28-30(5,6)7/h10-13,16H,9,14-15H2,1-8H3,(H,22,23)(H,24,25). The van der Waals surface area contributed by atoms with Crippen molar-refractivity contribution in [1.29, 1.82) is 0 Å². The maximum Gasteiger partial charge on any atom is 0.341 e. The molecule has 31 heavy (non-hydrogen) atoms. The first-order valence-electron chi connectivity index (χ1n) is 10.4. The minimum atomic E-state index is -2.38. The van der Waals surface area contributed by atoms with Gasteiger partial charge in [-0.1, -0.05) is 12.1 Å². The van der Waals surface area contributed by atoms with Crippen molar-refractivity contribution in [3.8, 4) is 5.75 Å². The van der Waals surface area contributed by atoms with Gasteiger partial charge in [0.05, 0.1) is 7.11 Å². The highest BCUT2D eigenvalue weighted by Gasteiger charge is 2.39. The van der Waals surface area contributed by atoms with Gasteiger partial charge in [0.1, 0.15) is 11.3 Å². The van der Waals surface area contributed by atoms with E-state index in [0.717, 1.165) is 6.04 Å². The first-order chi connectivity index (χ1) is 14.1. The summed E-state index contributed by atoms with van der Waals surface area (Å²) in [5.74, 6) is -1.22. The lowest BCUT2D eigenvalue weighted by Gasteiger charge is -2.38. The summed E-state index contributed by atoms with van der Waals surface area (Å²) >= 11 is 0. The lowest BCUT2D eigenvalue weighted by atomic mass is 10.1. The third kappa shape index (κ3) is 10.9. The number of benzene rings is 1. The summed E-state index contributed by atoms with van der Waals surface area (Å²) in [7, 11) is -4.39. The van der Waals surface area contributed by atoms with Crippen LogP contribution in [0, 0.1) is 0 Å². The third-order valence-electron chi connectivity index (χ3n) is 4.04. The van der Waals surface area contributed by atoms with E-state index in [0.29, 0.717) is 24.3 Å². The molecule has 0 aliphatic rings. The predicted molar refractivity (Wildman–Crippen MR) is 132 cm³/mol. The summed E-state index contributed by atoms with van der Waals surface area (Å²) in [6, 6.07) is 7.57. The van der Waals surface area contributed by atoms with E-state index in [2.05, 4.69) is 51.1 Å². The second-order valence-corrected chi connectivity index (χ2v) is 22.4. The van der Waals surface area contributed by atoms with Crippen molar-refractivity contribution in [2.24, 2.45) is 0 Å². The quantitative estimate of drug-likeness (QED) is 0.150. The average molecular weight is 484 g/mol. The molecule has 7 nitrogen and oxygen atoms in total. The van der Waals surface area contributed by atoms with E-state index in [1.165, 1.54) is 6.08 Å². The third-order valence-corrected chi connectivity index (χ3v) is 13.7. The number of carboxylic acid groups (broad SMARTS) is 1. The van der Waals surface area contributed by atoms with Gasteiger partial charge in [0.25, 0.3) is 5.91 Å². The van der Waals surface area contributed by atoms with Gasteiger partial charge in [-0.15, -0.1) is 0 Å². The fourth-order valence-corrected chi connectivity index (χ4v) is 15.8. The Hall–Kier alpha value is -1.73. The highest BCUT2D eigenvalue weighted by Crippen LogP contribution is 2.25. The van der Waals surface area contributed by atoms with Gasteiger partial charge in [0.15, 0.2) is 16.6 Å². The second kappa shape index (κ2) is 11.2. The van der Waals surface area contributed by atoms with Crippen molar-refractivity contribution in [2.45, 2.75) is 58.3 Å². The Balaban J connectivity index is 2.76. The molecule has 0 aliphatic carbocycles. The molecule has 0 heterocycles. The zero-order chi connectivity index (χ0) is 23.9. The summed E-state index contributed by atoms with van der Waals surface area (Å²) in [6.07, 6.45) is 2.03. The van der Waals surface area contributed by atoms with E-state index in [1.54, 1.807) is 31.4 Å². The molecule has 0 saturated heterocycles. The van der Waals surface area contributed by atoms with Crippen LogP contribution in [0.15, 0.2) is 29.8 Å². The van der Waals surface area contributed by atoms with Gasteiger partial charge in [0.2, 0.25) is 0 Å². The van der Waals surface area contributed by atoms with Gasteiger partial charge >= 0.3 is 14.5 Å². The molecule has 0 saturated carbocycles. The number of aliphatic carboxylic acids is 1. The molecule has 1 aromatic carbocycles. The Kier molecular flexibility index (Phi) is 9.89. The number of carbonyl (C=O) groups is 2. The van der Waals surface area contributed by atoms with Crippen molar-refractivity contribution in [2.75, 3.05) is 13.7 Å². The number of amides is 1. The maximum atomic E-state index is 12.5. The summed E-state index contributed by atoms with van der Waals surface area (Å²) in [4.78, 5) is 24.1. The van der Waals surface area contributed by atoms with Crippen LogP contribution in [0.3, 0.4) is 0 Å². The van der Waals surface area contributed by atoms with Crippen LogP contribution in [0.2, 0.25) is 51.9 Å². The van der Waals surface area contributed by atoms with E-state index in [4.69, 9.17) is 13.0 Å². The highest BCUT2D eigenvalue weighted by molar-refractivity contribution is 6.87. The molecular formula is C21H37NO6Si3. The van der Waals surface area contributed by atoms with Gasteiger partial charge in [-0.2, -0.15) is 0 Å². The molecule has 0 bridgehead atoms. The molecule has 0 aliphatic heterocycles. The molecule has 174 valence electrons. The molecular weight excluding hydrogens is 446 g/mol. The Morgan fingerprint density at radius 3 is 1.90 bits per heavy atom. The SMILES string of the molecule is COc1ccc(C=C(C(=O)O)C(=O)NCCC[Si](C)(O[Si](C)(C)C)O[Si](C)(C)C)cc1. The van der Waals surface area contributed by atoms with Gasteiger partial charge < -0.3 is 23.4 Å². The number of methoxy groups -OCH3 is 1. The lowest BCUT2D eigenvalue weighted by molar-refractivity contribution is -0.134. The maximum absolute atomic E-state index is 12.5. The number of rotatable bonds is 12. The molecule has 1 amide bonds. The molecule has 1 aromatic rings. The largest absolute Gasteiger partial charge is 0.497 e. The summed E-state index contributed by atoms with van der Waals surface area (Å²) in [5, 5.41) is 12.2. The fraction of sp³-hybridized carbons (Fsp3) is 0.524. The number of hydrogen-bond donors (Lipinski definition) is 2. The molecule has 0 atom stereocenters. The molecule has 0 aromatic heterocycles. The fourth-order valence-electron chi connectivity index (χ4n) is 3.22. The highest BCUT2D eigenvalue weighted by atomic mass is 28.5. The van der Waals surface area contributed by atoms with Crippen LogP contribution in [0.5, 0.6) is 5.75 Å². The Bertz CT molecular complexity index is 766. The van der Waals surface area contributed by atoms with Crippen molar-refractivity contribution in [3.63, 3.8) is 0 Å². The van der Waals surface area contributed by atoms with Crippen LogP contribution in [-0.2, 0) is 17.8 Å². The van der Waals surface area contributed by atoms with Crippen LogP contribution >= 0.6 is 0 Å². The van der Waals surface area contributed by atoms with Crippen LogP contribution in [0.25, 0.3) is 6.08 Å². The van der Waals surface area contributed by atoms with Gasteiger partial charge in [-0.25, -0.2) is 4.79 Å². The van der Waals surface area contributed by atoms with Crippen molar-refractivity contribution >= 4 is 43.1 Å². The number of carbonyl (C=O) groups excluding carboxylic acids is 1. The Labute approximate surface area is 189 Å². The van der Waals surface area contributed by atoms with Crippen LogP contribution in [0.1, 0.15) is 12.0 Å². The second-order valence-electron chi connectivity index (χ2n) is 9.56. The van der Waals surface area contributed by atoms with E-state index in [1.807, 2.05) is 0 Å². The van der Waals surface area contributed by atoms with E-state index in [9.17, 15) is 14.7 Å².